The van der Waals surface area contributed by atoms with Gasteiger partial charge in [0.1, 0.15) is 0 Å². The van der Waals surface area contributed by atoms with Gasteiger partial charge >= 0.3 is 0 Å². The van der Waals surface area contributed by atoms with Gasteiger partial charge in [-0.1, -0.05) is 66.7 Å². The molecule has 140 valence electrons. The fraction of sp³-hybridized carbons (Fsp3) is 0.167. The highest BCUT2D eigenvalue weighted by atomic mass is 16.2. The Morgan fingerprint density at radius 2 is 1.50 bits per heavy atom. The van der Waals surface area contributed by atoms with Gasteiger partial charge in [-0.25, -0.2) is 0 Å². The van der Waals surface area contributed by atoms with E-state index in [0.29, 0.717) is 6.42 Å². The summed E-state index contributed by atoms with van der Waals surface area (Å²) in [4.78, 5) is 28.0. The van der Waals surface area contributed by atoms with Crippen LogP contribution in [0.25, 0.3) is 0 Å². The minimum Gasteiger partial charge on any atom is -0.326 e. The molecule has 0 radical (unpaired) electrons. The van der Waals surface area contributed by atoms with Crippen LogP contribution in [0.1, 0.15) is 17.5 Å². The maximum absolute atomic E-state index is 13.4. The Bertz CT molecular complexity index is 1000. The maximum Gasteiger partial charge on any atom is 0.238 e. The molecule has 4 rings (SSSR count). The molecule has 1 unspecified atom stereocenters. The number of likely N-dealkylation sites (N-methyl/N-ethyl adjacent to an activating group) is 1. The summed E-state index contributed by atoms with van der Waals surface area (Å²) >= 11 is 0. The fourth-order valence-electron chi connectivity index (χ4n) is 4.07. The summed E-state index contributed by atoms with van der Waals surface area (Å²) in [5.41, 5.74) is 2.64. The highest BCUT2D eigenvalue weighted by molar-refractivity contribution is 6.10. The van der Waals surface area contributed by atoms with Crippen LogP contribution in [0.3, 0.4) is 0 Å². The van der Waals surface area contributed by atoms with Crippen molar-refractivity contribution in [2.75, 3.05) is 17.3 Å². The van der Waals surface area contributed by atoms with Crippen molar-refractivity contribution in [3.8, 4) is 0 Å². The van der Waals surface area contributed by atoms with Crippen LogP contribution in [-0.4, -0.2) is 18.9 Å². The van der Waals surface area contributed by atoms with Gasteiger partial charge in [-0.15, -0.1) is 0 Å². The number of fused-ring (bicyclic) bond motifs is 1. The number of benzene rings is 3. The van der Waals surface area contributed by atoms with Crippen molar-refractivity contribution in [2.24, 2.45) is 0 Å². The number of rotatable bonds is 5. The van der Waals surface area contributed by atoms with Crippen LogP contribution in [0.15, 0.2) is 84.9 Å². The van der Waals surface area contributed by atoms with E-state index in [4.69, 9.17) is 0 Å². The van der Waals surface area contributed by atoms with Crippen molar-refractivity contribution < 1.29 is 9.59 Å². The van der Waals surface area contributed by atoms with Gasteiger partial charge in [-0.05, 0) is 35.7 Å². The van der Waals surface area contributed by atoms with E-state index >= 15 is 0 Å². The lowest BCUT2D eigenvalue weighted by Crippen LogP contribution is -2.43. The highest BCUT2D eigenvalue weighted by Crippen LogP contribution is 2.45. The summed E-state index contributed by atoms with van der Waals surface area (Å²) in [6, 6.07) is 27.0. The van der Waals surface area contributed by atoms with E-state index in [9.17, 15) is 9.59 Å². The van der Waals surface area contributed by atoms with Crippen LogP contribution < -0.4 is 10.2 Å². The van der Waals surface area contributed by atoms with Crippen molar-refractivity contribution in [3.05, 3.63) is 96.1 Å². The summed E-state index contributed by atoms with van der Waals surface area (Å²) in [5.74, 6) is -0.207. The zero-order valence-corrected chi connectivity index (χ0v) is 15.8. The molecule has 0 aromatic heterocycles. The number of hydrogen-bond acceptors (Lipinski definition) is 2. The second-order valence-corrected chi connectivity index (χ2v) is 7.22. The highest BCUT2D eigenvalue weighted by Gasteiger charge is 2.50. The van der Waals surface area contributed by atoms with Crippen LogP contribution >= 0.6 is 0 Å². The SMILES string of the molecule is CN1C(=O)C(CC(=O)Nc2ccccc2)(Cc2ccccc2)c2ccccc21. The van der Waals surface area contributed by atoms with Gasteiger partial charge in [0.05, 0.1) is 5.41 Å². The van der Waals surface area contributed by atoms with E-state index in [1.807, 2.05) is 84.9 Å². The average molecular weight is 370 g/mol. The molecule has 1 heterocycles. The molecule has 3 aromatic rings. The van der Waals surface area contributed by atoms with Gasteiger partial charge in [-0.3, -0.25) is 9.59 Å². The van der Waals surface area contributed by atoms with Crippen LogP contribution in [0, 0.1) is 0 Å². The predicted octanol–water partition coefficient (Wildman–Crippen LogP) is 4.17. The lowest BCUT2D eigenvalue weighted by Gasteiger charge is -2.28. The quantitative estimate of drug-likeness (QED) is 0.733. The van der Waals surface area contributed by atoms with Crippen molar-refractivity contribution in [1.82, 2.24) is 0 Å². The molecule has 1 atom stereocenters. The fourth-order valence-corrected chi connectivity index (χ4v) is 4.07. The number of nitrogens with one attached hydrogen (secondary N) is 1. The average Bonchev–Trinajstić information content (AvgIpc) is 2.92. The maximum atomic E-state index is 13.4. The Kier molecular flexibility index (Phi) is 4.70. The zero-order valence-electron chi connectivity index (χ0n) is 15.8. The largest absolute Gasteiger partial charge is 0.326 e. The lowest BCUT2D eigenvalue weighted by atomic mass is 9.73. The van der Waals surface area contributed by atoms with Gasteiger partial charge in [0.2, 0.25) is 11.8 Å². The first-order valence-electron chi connectivity index (χ1n) is 9.37. The summed E-state index contributed by atoms with van der Waals surface area (Å²) in [6.07, 6.45) is 0.577. The number of carbonyl (C=O) groups excluding carboxylic acids is 2. The Hall–Kier alpha value is -3.40. The summed E-state index contributed by atoms with van der Waals surface area (Å²) in [6.45, 7) is 0. The monoisotopic (exact) mass is 370 g/mol. The second kappa shape index (κ2) is 7.31. The van der Waals surface area contributed by atoms with E-state index < -0.39 is 5.41 Å². The Labute approximate surface area is 164 Å². The molecule has 28 heavy (non-hydrogen) atoms. The topological polar surface area (TPSA) is 49.4 Å². The molecule has 1 aliphatic rings. The van der Waals surface area contributed by atoms with Gasteiger partial charge < -0.3 is 10.2 Å². The Balaban J connectivity index is 1.72. The molecule has 4 nitrogen and oxygen atoms in total. The number of hydrogen-bond donors (Lipinski definition) is 1. The van der Waals surface area contributed by atoms with E-state index in [-0.39, 0.29) is 18.2 Å². The van der Waals surface area contributed by atoms with E-state index in [1.165, 1.54) is 0 Å². The first-order valence-corrected chi connectivity index (χ1v) is 9.37. The molecule has 2 amide bonds. The molecule has 1 N–H and O–H groups in total. The third-order valence-corrected chi connectivity index (χ3v) is 5.36. The number of para-hydroxylation sites is 2. The van der Waals surface area contributed by atoms with Crippen LogP contribution in [0.2, 0.25) is 0 Å². The summed E-state index contributed by atoms with van der Waals surface area (Å²) in [7, 11) is 1.78. The van der Waals surface area contributed by atoms with Crippen LogP contribution in [0.4, 0.5) is 11.4 Å². The smallest absolute Gasteiger partial charge is 0.238 e. The van der Waals surface area contributed by atoms with Crippen molar-refractivity contribution in [3.63, 3.8) is 0 Å². The number of anilines is 2. The molecule has 0 saturated heterocycles. The summed E-state index contributed by atoms with van der Waals surface area (Å²) < 4.78 is 0. The van der Waals surface area contributed by atoms with E-state index in [0.717, 1.165) is 22.5 Å². The van der Waals surface area contributed by atoms with Gasteiger partial charge in [0.25, 0.3) is 0 Å². The first kappa shape index (κ1) is 18.0. The molecule has 0 fully saturated rings. The third-order valence-electron chi connectivity index (χ3n) is 5.36. The van der Waals surface area contributed by atoms with Crippen molar-refractivity contribution in [1.29, 1.82) is 0 Å². The molecule has 3 aromatic carbocycles. The molecular weight excluding hydrogens is 348 g/mol. The molecule has 0 saturated carbocycles. The molecule has 0 spiro atoms. The third kappa shape index (κ3) is 3.18. The van der Waals surface area contributed by atoms with Crippen molar-refractivity contribution >= 4 is 23.2 Å². The second-order valence-electron chi connectivity index (χ2n) is 7.22. The molecule has 0 aliphatic carbocycles. The number of carbonyl (C=O) groups is 2. The van der Waals surface area contributed by atoms with Crippen molar-refractivity contribution in [2.45, 2.75) is 18.3 Å². The zero-order chi connectivity index (χ0) is 19.6. The molecular formula is C24H22N2O2. The first-order chi connectivity index (χ1) is 13.6. The number of amides is 2. The van der Waals surface area contributed by atoms with Gasteiger partial charge in [0.15, 0.2) is 0 Å². The normalized spacial score (nSPS) is 18.0. The lowest BCUT2D eigenvalue weighted by molar-refractivity contribution is -0.127. The van der Waals surface area contributed by atoms with E-state index in [2.05, 4.69) is 5.32 Å². The molecule has 0 bridgehead atoms. The number of nitrogens with zero attached hydrogens (tertiary/aromatic N) is 1. The Morgan fingerprint density at radius 1 is 0.893 bits per heavy atom. The molecule has 4 heteroatoms. The summed E-state index contributed by atoms with van der Waals surface area (Å²) in [5, 5.41) is 2.94. The standard InChI is InChI=1S/C24H22N2O2/c1-26-21-15-9-8-14-20(21)24(23(26)28,16-18-10-4-2-5-11-18)17-22(27)25-19-12-6-3-7-13-19/h2-15H,16-17H2,1H3,(H,25,27). The Morgan fingerprint density at radius 3 is 2.21 bits per heavy atom. The minimum absolute atomic E-state index is 0.0410. The minimum atomic E-state index is -0.911. The van der Waals surface area contributed by atoms with E-state index in [1.54, 1.807) is 11.9 Å². The van der Waals surface area contributed by atoms with Crippen LogP contribution in [0.5, 0.6) is 0 Å². The van der Waals surface area contributed by atoms with Gasteiger partial charge in [-0.2, -0.15) is 0 Å². The van der Waals surface area contributed by atoms with Gasteiger partial charge in [0, 0.05) is 24.8 Å². The van der Waals surface area contributed by atoms with Crippen LogP contribution in [-0.2, 0) is 21.4 Å². The molecule has 1 aliphatic heterocycles. The predicted molar refractivity (Wildman–Crippen MR) is 111 cm³/mol.